The van der Waals surface area contributed by atoms with Crippen molar-refractivity contribution in [1.29, 1.82) is 0 Å². The maximum absolute atomic E-state index is 13.7. The highest BCUT2D eigenvalue weighted by molar-refractivity contribution is 7.57. The Balaban J connectivity index is 1.72. The lowest BCUT2D eigenvalue weighted by molar-refractivity contribution is -0.145. The van der Waals surface area contributed by atoms with Gasteiger partial charge in [0.2, 0.25) is 0 Å². The first kappa shape index (κ1) is 24.6. The summed E-state index contributed by atoms with van der Waals surface area (Å²) in [5.74, 6) is 0.199. The van der Waals surface area contributed by atoms with E-state index in [0.717, 1.165) is 0 Å². The molecule has 11 nitrogen and oxygen atoms in total. The summed E-state index contributed by atoms with van der Waals surface area (Å²) in [4.78, 5) is 24.7. The number of aromatic nitrogens is 4. The molecule has 0 spiro atoms. The maximum Gasteiger partial charge on any atom is 0.342 e. The number of carbonyl (C=O) groups is 1. The summed E-state index contributed by atoms with van der Waals surface area (Å²) in [5.41, 5.74) is 6.92. The van der Waals surface area contributed by atoms with Crippen LogP contribution < -0.4 is 15.3 Å². The van der Waals surface area contributed by atoms with Crippen LogP contribution in [0.25, 0.3) is 11.2 Å². The fourth-order valence-corrected chi connectivity index (χ4v) is 4.98. The summed E-state index contributed by atoms with van der Waals surface area (Å²) < 4.78 is 32.2. The van der Waals surface area contributed by atoms with Gasteiger partial charge in [-0.1, -0.05) is 25.1 Å². The van der Waals surface area contributed by atoms with Crippen molar-refractivity contribution in [2.24, 2.45) is 0 Å². The molecule has 33 heavy (non-hydrogen) atoms. The monoisotopic (exact) mass is 476 g/mol. The number of esters is 1. The van der Waals surface area contributed by atoms with E-state index in [1.165, 1.54) is 6.33 Å². The lowest BCUT2D eigenvalue weighted by Gasteiger charge is -2.26. The van der Waals surface area contributed by atoms with E-state index < -0.39 is 19.5 Å². The third-order valence-corrected chi connectivity index (χ3v) is 6.44. The lowest BCUT2D eigenvalue weighted by atomic mass is 10.2. The smallest absolute Gasteiger partial charge is 0.342 e. The van der Waals surface area contributed by atoms with Crippen LogP contribution >= 0.6 is 7.52 Å². The van der Waals surface area contributed by atoms with Crippen molar-refractivity contribution >= 4 is 30.5 Å². The quantitative estimate of drug-likeness (QED) is 0.296. The second-order valence-electron chi connectivity index (χ2n) is 7.35. The number of benzene rings is 1. The molecule has 3 N–H and O–H groups in total. The van der Waals surface area contributed by atoms with Gasteiger partial charge < -0.3 is 24.3 Å². The summed E-state index contributed by atoms with van der Waals surface area (Å²) >= 11 is 0. The molecule has 12 heteroatoms. The van der Waals surface area contributed by atoms with Gasteiger partial charge in [0.25, 0.3) is 0 Å². The molecule has 1 aromatic carbocycles. The van der Waals surface area contributed by atoms with Crippen molar-refractivity contribution in [1.82, 2.24) is 24.6 Å². The van der Waals surface area contributed by atoms with Crippen molar-refractivity contribution in [3.63, 3.8) is 0 Å². The summed E-state index contributed by atoms with van der Waals surface area (Å²) in [6.45, 7) is 5.94. The predicted octanol–water partition coefficient (Wildman–Crippen LogP) is 2.97. The third-order valence-electron chi connectivity index (χ3n) is 4.74. The Morgan fingerprint density at radius 1 is 1.21 bits per heavy atom. The Hall–Kier alpha value is -3.01. The van der Waals surface area contributed by atoms with Gasteiger partial charge in [-0.15, -0.1) is 0 Å². The minimum atomic E-state index is -3.63. The Morgan fingerprint density at radius 3 is 2.67 bits per heavy atom. The zero-order valence-corrected chi connectivity index (χ0v) is 19.8. The number of nitrogens with one attached hydrogen (secondary N) is 1. The molecule has 2 heterocycles. The number of ether oxygens (including phenoxy) is 2. The van der Waals surface area contributed by atoms with Crippen molar-refractivity contribution in [2.75, 3.05) is 18.7 Å². The van der Waals surface area contributed by atoms with E-state index in [1.54, 1.807) is 49.0 Å². The molecule has 3 aromatic rings. The zero-order chi connectivity index (χ0) is 23.8. The number of hydrogen-bond donors (Lipinski definition) is 2. The number of hydrogen-bond acceptors (Lipinski definition) is 9. The first-order valence-electron chi connectivity index (χ1n) is 10.7. The Labute approximate surface area is 192 Å². The molecule has 0 aliphatic carbocycles. The van der Waals surface area contributed by atoms with Crippen LogP contribution in [-0.2, 0) is 25.4 Å². The predicted molar refractivity (Wildman–Crippen MR) is 124 cm³/mol. The van der Waals surface area contributed by atoms with Crippen LogP contribution in [-0.4, -0.2) is 50.6 Å². The average molecular weight is 476 g/mol. The highest BCUT2D eigenvalue weighted by atomic mass is 31.2. The second kappa shape index (κ2) is 11.2. The highest BCUT2D eigenvalue weighted by Gasteiger charge is 2.33. The Kier molecular flexibility index (Phi) is 8.37. The molecular weight excluding hydrogens is 447 g/mol. The minimum absolute atomic E-state index is 0.224. The first-order chi connectivity index (χ1) is 15.8. The van der Waals surface area contributed by atoms with Crippen molar-refractivity contribution < 1.29 is 23.4 Å². The number of anilines is 1. The van der Waals surface area contributed by atoms with Crippen molar-refractivity contribution in [2.45, 2.75) is 45.9 Å². The van der Waals surface area contributed by atoms with E-state index in [0.29, 0.717) is 35.7 Å². The van der Waals surface area contributed by atoms with E-state index in [9.17, 15) is 9.36 Å². The van der Waals surface area contributed by atoms with Crippen LogP contribution in [0, 0.1) is 0 Å². The largest absolute Gasteiger partial charge is 0.465 e. The molecule has 0 fully saturated rings. The van der Waals surface area contributed by atoms with Gasteiger partial charge in [0, 0.05) is 0 Å². The van der Waals surface area contributed by atoms with E-state index in [2.05, 4.69) is 20.0 Å². The normalized spacial score (nSPS) is 15.0. The van der Waals surface area contributed by atoms with Gasteiger partial charge in [-0.3, -0.25) is 9.36 Å². The highest BCUT2D eigenvalue weighted by Crippen LogP contribution is 2.44. The van der Waals surface area contributed by atoms with Crippen LogP contribution in [0.5, 0.6) is 5.75 Å². The third kappa shape index (κ3) is 6.50. The number of para-hydroxylation sites is 1. The van der Waals surface area contributed by atoms with Gasteiger partial charge >= 0.3 is 13.5 Å². The molecule has 0 aliphatic heterocycles. The molecule has 0 aliphatic rings. The Bertz CT molecular complexity index is 1110. The van der Waals surface area contributed by atoms with E-state index in [1.807, 2.05) is 13.0 Å². The number of fused-ring (bicyclic) bond motifs is 1. The fraction of sp³-hybridized carbons (Fsp3) is 0.429. The van der Waals surface area contributed by atoms with E-state index >= 15 is 0 Å². The number of nitrogens with zero attached hydrogens (tertiary/aromatic N) is 4. The molecule has 0 amide bonds. The molecule has 2 aromatic heterocycles. The molecule has 3 rings (SSSR count). The molecule has 0 saturated carbocycles. The van der Waals surface area contributed by atoms with Crippen LogP contribution in [0.1, 0.15) is 27.2 Å². The topological polar surface area (TPSA) is 143 Å². The van der Waals surface area contributed by atoms with Crippen LogP contribution in [0.3, 0.4) is 0 Å². The summed E-state index contributed by atoms with van der Waals surface area (Å²) in [6, 6.07) is 7.93. The minimum Gasteiger partial charge on any atom is -0.465 e. The molecule has 0 bridgehead atoms. The molecule has 0 saturated heterocycles. The molecule has 3 atom stereocenters. The number of nitrogen functional groups attached to an aromatic ring is 1. The van der Waals surface area contributed by atoms with Gasteiger partial charge in [0.1, 0.15) is 30.0 Å². The SMILES string of the molecule is CCOC(=O)[C@H](CC)NP(=O)(CO[C@H](C)Cn1cnc2c(N)ncnc21)Oc1ccccc1. The number of nitrogens with two attached hydrogens (primary N) is 1. The maximum atomic E-state index is 13.7. The van der Waals surface area contributed by atoms with Gasteiger partial charge in [0.15, 0.2) is 11.5 Å². The molecular formula is C21H29N6O5P. The van der Waals surface area contributed by atoms with Crippen LogP contribution in [0.4, 0.5) is 5.82 Å². The molecule has 0 radical (unpaired) electrons. The number of imidazole rings is 1. The Morgan fingerprint density at radius 2 is 1.97 bits per heavy atom. The van der Waals surface area contributed by atoms with Gasteiger partial charge in [-0.25, -0.2) is 20.0 Å². The van der Waals surface area contributed by atoms with E-state index in [-0.39, 0.29) is 19.1 Å². The average Bonchev–Trinajstić information content (AvgIpc) is 3.21. The van der Waals surface area contributed by atoms with Gasteiger partial charge in [-0.05, 0) is 32.4 Å². The van der Waals surface area contributed by atoms with Crippen molar-refractivity contribution in [3.8, 4) is 5.75 Å². The van der Waals surface area contributed by atoms with Crippen LogP contribution in [0.15, 0.2) is 43.0 Å². The zero-order valence-electron chi connectivity index (χ0n) is 18.9. The second-order valence-corrected chi connectivity index (χ2v) is 9.40. The van der Waals surface area contributed by atoms with Crippen molar-refractivity contribution in [3.05, 3.63) is 43.0 Å². The summed E-state index contributed by atoms with van der Waals surface area (Å²) in [7, 11) is -3.63. The lowest BCUT2D eigenvalue weighted by Crippen LogP contribution is -2.38. The van der Waals surface area contributed by atoms with Gasteiger partial charge in [-0.2, -0.15) is 0 Å². The standard InChI is InChI=1S/C21H29N6O5P/c1-4-17(21(28)30-5-2)26-33(29,32-16-9-7-6-8-10-16)14-31-15(3)11-27-13-25-18-19(22)23-12-24-20(18)27/h6-10,12-13,15,17H,4-5,11,14H2,1-3H3,(H,26,29)(H2,22,23,24)/t15-,17+,33?/m1/s1. The number of carbonyl (C=O) groups excluding carboxylic acids is 1. The molecule has 1 unspecified atom stereocenters. The van der Waals surface area contributed by atoms with E-state index in [4.69, 9.17) is 19.7 Å². The first-order valence-corrected chi connectivity index (χ1v) is 12.5. The summed E-state index contributed by atoms with van der Waals surface area (Å²) in [6.07, 6.45) is 2.70. The summed E-state index contributed by atoms with van der Waals surface area (Å²) in [5, 5.41) is 2.84. The molecule has 178 valence electrons. The van der Waals surface area contributed by atoms with Crippen LogP contribution in [0.2, 0.25) is 0 Å². The van der Waals surface area contributed by atoms with Gasteiger partial charge in [0.05, 0.1) is 25.6 Å². The fourth-order valence-electron chi connectivity index (χ4n) is 3.12. The number of rotatable bonds is 12.